The van der Waals surface area contributed by atoms with Crippen LogP contribution >= 0.6 is 0 Å². The van der Waals surface area contributed by atoms with E-state index in [1.54, 1.807) is 43.3 Å². The number of para-hydroxylation sites is 1. The van der Waals surface area contributed by atoms with Crippen LogP contribution in [0.15, 0.2) is 60.8 Å². The van der Waals surface area contributed by atoms with Crippen molar-refractivity contribution < 1.29 is 18.7 Å². The lowest BCUT2D eigenvalue weighted by atomic mass is 10.1. The zero-order valence-corrected chi connectivity index (χ0v) is 15.0. The second-order valence-corrected chi connectivity index (χ2v) is 5.62. The Morgan fingerprint density at radius 3 is 2.71 bits per heavy atom. The first-order valence-corrected chi connectivity index (χ1v) is 8.50. The normalized spacial score (nSPS) is 10.2. The number of esters is 1. The fourth-order valence-electron chi connectivity index (χ4n) is 2.41. The molecule has 0 aliphatic rings. The van der Waals surface area contributed by atoms with Crippen LogP contribution in [0.4, 0.5) is 21.7 Å². The van der Waals surface area contributed by atoms with Crippen molar-refractivity contribution >= 4 is 29.2 Å². The molecule has 142 valence electrons. The largest absolute Gasteiger partial charge is 0.462 e. The zero-order valence-electron chi connectivity index (χ0n) is 15.0. The standard InChI is InChI=1S/C20H17FN4O3/c1-2-28-19(27)15-8-3-4-9-16(15)24-18(26)17-10-11-22-20(25-17)23-14-7-5-6-13(21)12-14/h3-12H,2H2,1H3,(H,24,26)(H,22,23,25). The molecule has 28 heavy (non-hydrogen) atoms. The molecule has 1 heterocycles. The quantitative estimate of drug-likeness (QED) is 0.632. The molecule has 0 aliphatic carbocycles. The van der Waals surface area contributed by atoms with Gasteiger partial charge in [0.2, 0.25) is 5.95 Å². The maximum atomic E-state index is 13.3. The molecule has 3 rings (SSSR count). The molecule has 0 unspecified atom stereocenters. The Morgan fingerprint density at radius 1 is 1.11 bits per heavy atom. The Kier molecular flexibility index (Phi) is 5.91. The smallest absolute Gasteiger partial charge is 0.340 e. The summed E-state index contributed by atoms with van der Waals surface area (Å²) in [6.45, 7) is 1.93. The summed E-state index contributed by atoms with van der Waals surface area (Å²) in [6.07, 6.45) is 1.40. The van der Waals surface area contributed by atoms with Crippen LogP contribution in [0.2, 0.25) is 0 Å². The van der Waals surface area contributed by atoms with Crippen molar-refractivity contribution in [3.8, 4) is 0 Å². The van der Waals surface area contributed by atoms with Crippen LogP contribution in [-0.4, -0.2) is 28.5 Å². The maximum Gasteiger partial charge on any atom is 0.340 e. The highest BCUT2D eigenvalue weighted by Crippen LogP contribution is 2.18. The molecular formula is C20H17FN4O3. The van der Waals surface area contributed by atoms with Gasteiger partial charge < -0.3 is 15.4 Å². The fraction of sp³-hybridized carbons (Fsp3) is 0.100. The van der Waals surface area contributed by atoms with Gasteiger partial charge in [0.25, 0.3) is 5.91 Å². The highest BCUT2D eigenvalue weighted by atomic mass is 19.1. The van der Waals surface area contributed by atoms with E-state index in [1.807, 2.05) is 0 Å². The predicted octanol–water partition coefficient (Wildman–Crippen LogP) is 3.79. The summed E-state index contributed by atoms with van der Waals surface area (Å²) < 4.78 is 18.3. The van der Waals surface area contributed by atoms with Gasteiger partial charge in [-0.1, -0.05) is 18.2 Å². The van der Waals surface area contributed by atoms with Crippen molar-refractivity contribution in [1.82, 2.24) is 9.97 Å². The van der Waals surface area contributed by atoms with Gasteiger partial charge in [-0.05, 0) is 43.3 Å². The molecule has 0 bridgehead atoms. The first-order chi connectivity index (χ1) is 13.6. The molecule has 0 saturated heterocycles. The van der Waals surface area contributed by atoms with E-state index in [2.05, 4.69) is 20.6 Å². The van der Waals surface area contributed by atoms with E-state index in [0.29, 0.717) is 11.4 Å². The lowest BCUT2D eigenvalue weighted by molar-refractivity contribution is 0.0527. The Balaban J connectivity index is 1.78. The summed E-state index contributed by atoms with van der Waals surface area (Å²) in [6, 6.07) is 13.7. The molecule has 0 atom stereocenters. The highest BCUT2D eigenvalue weighted by Gasteiger charge is 2.16. The average Bonchev–Trinajstić information content (AvgIpc) is 2.69. The predicted molar refractivity (Wildman–Crippen MR) is 102 cm³/mol. The van der Waals surface area contributed by atoms with Crippen molar-refractivity contribution in [3.05, 3.63) is 77.9 Å². The Labute approximate surface area is 160 Å². The number of nitrogens with zero attached hydrogens (tertiary/aromatic N) is 2. The summed E-state index contributed by atoms with van der Waals surface area (Å²) in [7, 11) is 0. The maximum absolute atomic E-state index is 13.3. The van der Waals surface area contributed by atoms with Gasteiger partial charge in [0.15, 0.2) is 0 Å². The van der Waals surface area contributed by atoms with Gasteiger partial charge in [-0.2, -0.15) is 0 Å². The molecule has 1 amide bonds. The first kappa shape index (κ1) is 19.0. The van der Waals surface area contributed by atoms with Crippen LogP contribution in [0.1, 0.15) is 27.8 Å². The summed E-state index contributed by atoms with van der Waals surface area (Å²) in [5.74, 6) is -1.33. The van der Waals surface area contributed by atoms with E-state index >= 15 is 0 Å². The number of amides is 1. The van der Waals surface area contributed by atoms with E-state index < -0.39 is 17.7 Å². The number of benzene rings is 2. The van der Waals surface area contributed by atoms with Crippen molar-refractivity contribution in [2.24, 2.45) is 0 Å². The van der Waals surface area contributed by atoms with Crippen molar-refractivity contribution in [2.45, 2.75) is 6.92 Å². The van der Waals surface area contributed by atoms with Gasteiger partial charge in [0, 0.05) is 11.9 Å². The van der Waals surface area contributed by atoms with Crippen molar-refractivity contribution in [2.75, 3.05) is 17.2 Å². The van der Waals surface area contributed by atoms with E-state index in [0.717, 1.165) is 0 Å². The van der Waals surface area contributed by atoms with E-state index in [9.17, 15) is 14.0 Å². The molecule has 0 radical (unpaired) electrons. The third-order valence-electron chi connectivity index (χ3n) is 3.64. The average molecular weight is 380 g/mol. The Bertz CT molecular complexity index is 1010. The van der Waals surface area contributed by atoms with Gasteiger partial charge in [-0.15, -0.1) is 0 Å². The number of anilines is 3. The number of carbonyl (C=O) groups excluding carboxylic acids is 2. The first-order valence-electron chi connectivity index (χ1n) is 8.50. The van der Waals surface area contributed by atoms with Crippen molar-refractivity contribution in [3.63, 3.8) is 0 Å². The molecule has 7 nitrogen and oxygen atoms in total. The summed E-state index contributed by atoms with van der Waals surface area (Å²) in [5, 5.41) is 5.48. The zero-order chi connectivity index (χ0) is 19.9. The molecule has 0 fully saturated rings. The number of rotatable bonds is 6. The third kappa shape index (κ3) is 4.67. The Morgan fingerprint density at radius 2 is 1.93 bits per heavy atom. The number of ether oxygens (including phenoxy) is 1. The number of aromatic nitrogens is 2. The SMILES string of the molecule is CCOC(=O)c1ccccc1NC(=O)c1ccnc(Nc2cccc(F)c2)n1. The molecular weight excluding hydrogens is 363 g/mol. The minimum atomic E-state index is -0.533. The van der Waals surface area contributed by atoms with Gasteiger partial charge >= 0.3 is 5.97 Å². The second-order valence-electron chi connectivity index (χ2n) is 5.62. The number of hydrogen-bond donors (Lipinski definition) is 2. The van der Waals surface area contributed by atoms with Gasteiger partial charge in [0.05, 0.1) is 17.9 Å². The van der Waals surface area contributed by atoms with Crippen LogP contribution in [0.5, 0.6) is 0 Å². The van der Waals surface area contributed by atoms with Crippen LogP contribution in [0, 0.1) is 5.82 Å². The van der Waals surface area contributed by atoms with E-state index in [4.69, 9.17) is 4.74 Å². The van der Waals surface area contributed by atoms with Crippen LogP contribution in [0.3, 0.4) is 0 Å². The summed E-state index contributed by atoms with van der Waals surface area (Å²) in [5.41, 5.74) is 1.08. The summed E-state index contributed by atoms with van der Waals surface area (Å²) in [4.78, 5) is 32.7. The molecule has 1 aromatic heterocycles. The molecule has 0 aliphatic heterocycles. The minimum Gasteiger partial charge on any atom is -0.462 e. The van der Waals surface area contributed by atoms with Gasteiger partial charge in [-0.3, -0.25) is 4.79 Å². The van der Waals surface area contributed by atoms with Crippen LogP contribution in [0.25, 0.3) is 0 Å². The molecule has 8 heteroatoms. The highest BCUT2D eigenvalue weighted by molar-refractivity contribution is 6.07. The monoisotopic (exact) mass is 380 g/mol. The van der Waals surface area contributed by atoms with Gasteiger partial charge in [0.1, 0.15) is 11.5 Å². The number of carbonyl (C=O) groups is 2. The Hall–Kier alpha value is -3.81. The molecule has 2 aromatic carbocycles. The third-order valence-corrected chi connectivity index (χ3v) is 3.64. The molecule has 0 saturated carbocycles. The van der Waals surface area contributed by atoms with Crippen LogP contribution in [-0.2, 0) is 4.74 Å². The van der Waals surface area contributed by atoms with Crippen molar-refractivity contribution in [1.29, 1.82) is 0 Å². The number of halogens is 1. The van der Waals surface area contributed by atoms with Crippen LogP contribution < -0.4 is 10.6 Å². The number of hydrogen-bond acceptors (Lipinski definition) is 6. The van der Waals surface area contributed by atoms with Gasteiger partial charge in [-0.25, -0.2) is 19.2 Å². The van der Waals surface area contributed by atoms with E-state index in [1.165, 1.54) is 24.4 Å². The number of nitrogens with one attached hydrogen (secondary N) is 2. The fourth-order valence-corrected chi connectivity index (χ4v) is 2.41. The molecule has 3 aromatic rings. The summed E-state index contributed by atoms with van der Waals surface area (Å²) >= 11 is 0. The topological polar surface area (TPSA) is 93.2 Å². The minimum absolute atomic E-state index is 0.0764. The lowest BCUT2D eigenvalue weighted by Crippen LogP contribution is -2.17. The lowest BCUT2D eigenvalue weighted by Gasteiger charge is -2.10. The second kappa shape index (κ2) is 8.72. The molecule has 2 N–H and O–H groups in total. The molecule has 0 spiro atoms. The van der Waals surface area contributed by atoms with E-state index in [-0.39, 0.29) is 23.8 Å².